The Morgan fingerprint density at radius 2 is 0.714 bits per heavy atom. The zero-order valence-electron chi connectivity index (χ0n) is 31.8. The molecule has 0 amide bonds. The Labute approximate surface area is 291 Å². The van der Waals surface area contributed by atoms with Gasteiger partial charge in [-0.05, 0) is 108 Å². The number of ether oxygens (including phenoxy) is 3. The highest BCUT2D eigenvalue weighted by Gasteiger charge is 2.49. The van der Waals surface area contributed by atoms with E-state index in [2.05, 4.69) is 0 Å². The fourth-order valence-electron chi connectivity index (χ4n) is 8.70. The monoisotopic (exact) mass is 689 g/mol. The first-order valence-electron chi connectivity index (χ1n) is 17.3. The average Bonchev–Trinajstić information content (AvgIpc) is 2.92. The highest BCUT2D eigenvalue weighted by atomic mass is 16.6. The van der Waals surface area contributed by atoms with Crippen LogP contribution in [0.1, 0.15) is 158 Å². The smallest absolute Gasteiger partial charge is 0.339 e. The summed E-state index contributed by atoms with van der Waals surface area (Å²) in [6.45, 7) is 24.1. The number of esters is 3. The molecule has 12 nitrogen and oxygen atoms in total. The number of nitrogens with zero attached hydrogens (tertiary/aromatic N) is 3. The molecule has 3 heterocycles. The maximum atomic E-state index is 14.0. The Morgan fingerprint density at radius 3 is 0.980 bits per heavy atom. The van der Waals surface area contributed by atoms with Gasteiger partial charge in [-0.1, -0.05) is 0 Å². The molecule has 3 aliphatic heterocycles. The fraction of sp³-hybridized carbons (Fsp3) is 0.757. The third kappa shape index (κ3) is 7.99. The molecule has 0 aliphatic carbocycles. The lowest BCUT2D eigenvalue weighted by molar-refractivity contribution is -0.257. The Balaban J connectivity index is 1.68. The lowest BCUT2D eigenvalue weighted by Gasteiger charge is -2.51. The van der Waals surface area contributed by atoms with Gasteiger partial charge in [0.05, 0.1) is 16.7 Å². The molecule has 49 heavy (non-hydrogen) atoms. The molecule has 1 aromatic carbocycles. The number of hydrogen-bond acceptors (Lipinski definition) is 12. The average molecular weight is 690 g/mol. The number of rotatable bonds is 6. The highest BCUT2D eigenvalue weighted by molar-refractivity contribution is 6.06. The summed E-state index contributed by atoms with van der Waals surface area (Å²) < 4.78 is 18.1. The quantitative estimate of drug-likeness (QED) is 0.216. The first-order chi connectivity index (χ1) is 22.1. The van der Waals surface area contributed by atoms with Gasteiger partial charge in [-0.15, -0.1) is 0 Å². The van der Waals surface area contributed by atoms with Crippen molar-refractivity contribution in [2.45, 2.75) is 180 Å². The molecule has 1 aromatic rings. The molecule has 0 radical (unpaired) electrons. The van der Waals surface area contributed by atoms with Crippen molar-refractivity contribution in [1.29, 1.82) is 0 Å². The van der Waals surface area contributed by atoms with Crippen molar-refractivity contribution in [1.82, 2.24) is 15.2 Å². The molecule has 0 aromatic heterocycles. The Kier molecular flexibility index (Phi) is 10.3. The van der Waals surface area contributed by atoms with Gasteiger partial charge >= 0.3 is 17.9 Å². The van der Waals surface area contributed by atoms with Gasteiger partial charge in [0.2, 0.25) is 0 Å². The largest absolute Gasteiger partial charge is 0.459 e. The number of hydroxylamine groups is 6. The number of benzene rings is 1. The molecule has 4 rings (SSSR count). The lowest BCUT2D eigenvalue weighted by Crippen LogP contribution is -2.60. The number of hydrogen-bond donors (Lipinski definition) is 3. The van der Waals surface area contributed by atoms with E-state index in [1.807, 2.05) is 83.1 Å². The third-order valence-electron chi connectivity index (χ3n) is 10.6. The van der Waals surface area contributed by atoms with Crippen molar-refractivity contribution >= 4 is 17.9 Å². The first kappa shape index (κ1) is 39.2. The maximum Gasteiger partial charge on any atom is 0.339 e. The minimum atomic E-state index is -0.786. The second-order valence-electron chi connectivity index (χ2n) is 18.3. The maximum absolute atomic E-state index is 14.0. The van der Waals surface area contributed by atoms with E-state index in [4.69, 9.17) is 14.2 Å². The minimum absolute atomic E-state index is 0.0324. The van der Waals surface area contributed by atoms with Crippen LogP contribution in [0.15, 0.2) is 12.1 Å². The number of piperidine rings is 3. The molecule has 0 spiro atoms. The van der Waals surface area contributed by atoms with E-state index in [-0.39, 0.29) is 16.7 Å². The van der Waals surface area contributed by atoms with Gasteiger partial charge in [-0.2, -0.15) is 15.2 Å². The standard InChI is InChI=1S/C37H59N3O9/c1-22-14-27(30(42)48-24-18-34(6,7)39(45)35(8,9)19-24)28(31(43)49-25-20-36(10,11)40(46)37(12,13)21-25)15-26(22)29(41)47-23-16-32(2,3)38(44)33(4,5)17-23/h14-15,23-25,44-46H,16-21H2,1-13H3. The van der Waals surface area contributed by atoms with Crippen molar-refractivity contribution < 1.29 is 44.2 Å². The molecule has 3 saturated heterocycles. The number of aryl methyl sites for hydroxylation is 1. The molecule has 3 N–H and O–H groups in total. The summed E-state index contributed by atoms with van der Waals surface area (Å²) in [6, 6.07) is 2.83. The van der Waals surface area contributed by atoms with Crippen LogP contribution >= 0.6 is 0 Å². The van der Waals surface area contributed by atoms with Crippen LogP contribution in [0.2, 0.25) is 0 Å². The molecule has 0 unspecified atom stereocenters. The van der Waals surface area contributed by atoms with Crippen molar-refractivity contribution in [3.8, 4) is 0 Å². The number of carbonyl (C=O) groups excluding carboxylic acids is 3. The summed E-state index contributed by atoms with van der Waals surface area (Å²) in [6.07, 6.45) is 0.584. The van der Waals surface area contributed by atoms with E-state index in [1.54, 1.807) is 6.92 Å². The normalized spacial score (nSPS) is 25.8. The van der Waals surface area contributed by atoms with Gasteiger partial charge in [0, 0.05) is 71.8 Å². The molecule has 12 heteroatoms. The van der Waals surface area contributed by atoms with Crippen molar-refractivity contribution in [3.63, 3.8) is 0 Å². The molecule has 276 valence electrons. The summed E-state index contributed by atoms with van der Waals surface area (Å²) in [5.74, 6) is -2.17. The third-order valence-corrected chi connectivity index (χ3v) is 10.6. The Hall–Kier alpha value is -2.61. The molecular weight excluding hydrogens is 630 g/mol. The minimum Gasteiger partial charge on any atom is -0.459 e. The van der Waals surface area contributed by atoms with Crippen molar-refractivity contribution in [2.24, 2.45) is 0 Å². The van der Waals surface area contributed by atoms with E-state index in [0.717, 1.165) is 0 Å². The van der Waals surface area contributed by atoms with E-state index >= 15 is 0 Å². The van der Waals surface area contributed by atoms with Crippen LogP contribution in [0.5, 0.6) is 0 Å². The van der Waals surface area contributed by atoms with Crippen LogP contribution in [0, 0.1) is 6.92 Å². The summed E-state index contributed by atoms with van der Waals surface area (Å²) >= 11 is 0. The van der Waals surface area contributed by atoms with Crippen LogP contribution in [0.4, 0.5) is 0 Å². The van der Waals surface area contributed by atoms with Crippen LogP contribution in [0.3, 0.4) is 0 Å². The van der Waals surface area contributed by atoms with Crippen LogP contribution < -0.4 is 0 Å². The predicted molar refractivity (Wildman–Crippen MR) is 182 cm³/mol. The van der Waals surface area contributed by atoms with Gasteiger partial charge < -0.3 is 29.8 Å². The summed E-state index contributed by atoms with van der Waals surface area (Å²) in [5, 5.41) is 36.2. The zero-order valence-corrected chi connectivity index (χ0v) is 31.8. The Morgan fingerprint density at radius 1 is 0.490 bits per heavy atom. The summed E-state index contributed by atoms with van der Waals surface area (Å²) in [5.41, 5.74) is -3.63. The predicted octanol–water partition coefficient (Wildman–Crippen LogP) is 6.70. The second-order valence-corrected chi connectivity index (χ2v) is 18.3. The number of carbonyl (C=O) groups is 3. The Bertz CT molecular complexity index is 1410. The van der Waals surface area contributed by atoms with Crippen LogP contribution in [-0.2, 0) is 14.2 Å². The van der Waals surface area contributed by atoms with Gasteiger partial charge in [-0.25, -0.2) is 14.4 Å². The van der Waals surface area contributed by atoms with E-state index in [9.17, 15) is 30.0 Å². The molecule has 0 saturated carbocycles. The topological polar surface area (TPSA) is 149 Å². The van der Waals surface area contributed by atoms with Gasteiger partial charge in [0.25, 0.3) is 0 Å². The fourth-order valence-corrected chi connectivity index (χ4v) is 8.70. The van der Waals surface area contributed by atoms with Gasteiger partial charge in [-0.3, -0.25) is 0 Å². The van der Waals surface area contributed by atoms with Gasteiger partial charge in [0.1, 0.15) is 18.3 Å². The molecule has 3 aliphatic rings. The zero-order chi connectivity index (χ0) is 37.3. The van der Waals surface area contributed by atoms with E-state index in [0.29, 0.717) is 44.1 Å². The SMILES string of the molecule is Cc1cc(C(=O)OC2CC(C)(C)N(O)C(C)(C)C2)c(C(=O)OC2CC(C)(C)N(O)C(C)(C)C2)cc1C(=O)OC1CC(C)(C)N(O)C(C)(C)C1. The molecule has 3 fully saturated rings. The van der Waals surface area contributed by atoms with E-state index < -0.39 is 69.5 Å². The van der Waals surface area contributed by atoms with Crippen LogP contribution in [-0.4, -0.2) is 100 Å². The first-order valence-corrected chi connectivity index (χ1v) is 17.3. The second kappa shape index (κ2) is 12.9. The van der Waals surface area contributed by atoms with Crippen LogP contribution in [0.25, 0.3) is 0 Å². The highest BCUT2D eigenvalue weighted by Crippen LogP contribution is 2.41. The molecular formula is C37H59N3O9. The van der Waals surface area contributed by atoms with Gasteiger partial charge in [0.15, 0.2) is 0 Å². The van der Waals surface area contributed by atoms with Crippen molar-refractivity contribution in [3.05, 3.63) is 34.4 Å². The lowest BCUT2D eigenvalue weighted by atomic mass is 9.80. The van der Waals surface area contributed by atoms with E-state index in [1.165, 1.54) is 27.3 Å². The molecule has 0 bridgehead atoms. The summed E-state index contributed by atoms with van der Waals surface area (Å²) in [7, 11) is 0. The molecule has 0 atom stereocenters. The summed E-state index contributed by atoms with van der Waals surface area (Å²) in [4.78, 5) is 41.7. The van der Waals surface area contributed by atoms with Crippen molar-refractivity contribution in [2.75, 3.05) is 0 Å².